The Balaban J connectivity index is -0.0000000506. The summed E-state index contributed by atoms with van der Waals surface area (Å²) in [6.45, 7) is 34.5. The number of hydrogen-bond donors (Lipinski definition) is 6. The summed E-state index contributed by atoms with van der Waals surface area (Å²) in [6, 6.07) is 0. The van der Waals surface area contributed by atoms with Gasteiger partial charge in [0.2, 0.25) is 0 Å². The van der Waals surface area contributed by atoms with Crippen molar-refractivity contribution < 1.29 is 10.2 Å². The molecule has 0 saturated heterocycles. The Labute approximate surface area is 302 Å². The van der Waals surface area contributed by atoms with Gasteiger partial charge in [-0.3, -0.25) is 5.41 Å². The van der Waals surface area contributed by atoms with Crippen LogP contribution in [0.1, 0.15) is 226 Å². The average molecular weight is 683 g/mol. The number of nitrogens with one attached hydrogen (secondary N) is 1. The zero-order valence-corrected chi connectivity index (χ0v) is 36.0. The molecular weight excluding hydrogens is 580 g/mol. The van der Waals surface area contributed by atoms with Crippen LogP contribution in [0.4, 0.5) is 0 Å². The second-order valence-corrected chi connectivity index (χ2v) is 12.2. The van der Waals surface area contributed by atoms with Gasteiger partial charge in [0.25, 0.3) is 0 Å². The number of hydrogen-bond acceptors (Lipinski definition) is 5. The molecule has 0 radical (unpaired) electrons. The minimum absolute atomic E-state index is 0.319. The monoisotopic (exact) mass is 683 g/mol. The van der Waals surface area contributed by atoms with E-state index < -0.39 is 0 Å². The molecule has 0 aromatic carbocycles. The standard InChI is InChI=1S/C7H16N2.C6H15N.C6H14.C5H13N.C5H12.C4H10O.C3H8O.C3H8.C2H6/c1-2-3-4-5-6-7(8)9;1-2-3-4-5-6-7;1-4-5-6(2)3;1-2-3-4-5-6;1-4-5(2)3;1-2-3-4-5;1-2-3-4;1-3-2;1-2/h2-6H2,1H3,(H3,8,9);2-7H2,1H3;6H,4-5H2,1-3H3;2-6H2,1H3;5H,4H2,1-3H3;5H,2-4H2,1H3;4H,2-3H2,1H3;3H2,1-2H3;1-2H3. The van der Waals surface area contributed by atoms with Crippen LogP contribution < -0.4 is 17.2 Å². The molecule has 0 aliphatic heterocycles. The summed E-state index contributed by atoms with van der Waals surface area (Å²) in [7, 11) is 0. The highest BCUT2D eigenvalue weighted by Crippen LogP contribution is 2.01. The van der Waals surface area contributed by atoms with Gasteiger partial charge in [0.05, 0.1) is 5.84 Å². The summed E-state index contributed by atoms with van der Waals surface area (Å²) in [5.74, 6) is 2.11. The van der Waals surface area contributed by atoms with Crippen molar-refractivity contribution in [2.24, 2.45) is 29.0 Å². The maximum Gasteiger partial charge on any atom is 0.0905 e. The molecular formula is C41H102N4O2. The molecule has 0 aliphatic carbocycles. The van der Waals surface area contributed by atoms with E-state index in [-0.39, 0.29) is 0 Å². The smallest absolute Gasteiger partial charge is 0.0905 e. The third-order valence-electron chi connectivity index (χ3n) is 5.58. The summed E-state index contributed by atoms with van der Waals surface area (Å²) < 4.78 is 0. The largest absolute Gasteiger partial charge is 0.396 e. The Bertz CT molecular complexity index is 370. The summed E-state index contributed by atoms with van der Waals surface area (Å²) in [4.78, 5) is 0. The van der Waals surface area contributed by atoms with Gasteiger partial charge in [0, 0.05) is 19.6 Å². The van der Waals surface area contributed by atoms with Crippen molar-refractivity contribution in [3.8, 4) is 0 Å². The molecule has 0 rings (SSSR count). The van der Waals surface area contributed by atoms with Gasteiger partial charge in [-0.25, -0.2) is 0 Å². The van der Waals surface area contributed by atoms with Gasteiger partial charge in [-0.2, -0.15) is 0 Å². The number of amidine groups is 1. The minimum Gasteiger partial charge on any atom is -0.396 e. The highest BCUT2D eigenvalue weighted by molar-refractivity contribution is 5.76. The summed E-state index contributed by atoms with van der Waals surface area (Å²) in [5, 5.41) is 22.8. The lowest BCUT2D eigenvalue weighted by Gasteiger charge is -1.95. The Morgan fingerprint density at radius 3 is 0.979 bits per heavy atom. The third kappa shape index (κ3) is 206. The first kappa shape index (κ1) is 68.3. The average Bonchev–Trinajstić information content (AvgIpc) is 3.05. The molecule has 0 atom stereocenters. The van der Waals surface area contributed by atoms with Crippen LogP contribution >= 0.6 is 0 Å². The number of unbranched alkanes of at least 4 members (excludes halogenated alkanes) is 9. The summed E-state index contributed by atoms with van der Waals surface area (Å²) in [6.07, 6.45) is 22.7. The fourth-order valence-electron chi connectivity index (χ4n) is 2.44. The first-order valence-corrected chi connectivity index (χ1v) is 20.3. The molecule has 47 heavy (non-hydrogen) atoms. The van der Waals surface area contributed by atoms with Crippen molar-refractivity contribution in [2.75, 3.05) is 26.3 Å². The van der Waals surface area contributed by atoms with Crippen molar-refractivity contribution >= 4 is 5.84 Å². The van der Waals surface area contributed by atoms with Gasteiger partial charge in [0.15, 0.2) is 0 Å². The third-order valence-corrected chi connectivity index (χ3v) is 5.58. The second-order valence-electron chi connectivity index (χ2n) is 12.2. The van der Waals surface area contributed by atoms with Crippen LogP contribution in [0.15, 0.2) is 0 Å². The molecule has 0 aromatic rings. The molecule has 9 N–H and O–H groups in total. The molecule has 0 saturated carbocycles. The van der Waals surface area contributed by atoms with Gasteiger partial charge >= 0.3 is 0 Å². The molecule has 0 bridgehead atoms. The van der Waals surface area contributed by atoms with E-state index in [0.29, 0.717) is 19.0 Å². The SMILES string of the molecule is CC.CCC.CCC(C)C.CCCC(C)C.CCCCCCC(=N)N.CCCCCCN.CCCCCN.CCCCO.CCCO. The van der Waals surface area contributed by atoms with Gasteiger partial charge in [-0.15, -0.1) is 0 Å². The molecule has 0 amide bonds. The fourth-order valence-corrected chi connectivity index (χ4v) is 2.44. The van der Waals surface area contributed by atoms with Crippen LogP contribution in [-0.2, 0) is 0 Å². The van der Waals surface area contributed by atoms with Gasteiger partial charge < -0.3 is 27.4 Å². The molecule has 0 aromatic heterocycles. The van der Waals surface area contributed by atoms with Gasteiger partial charge in [0.1, 0.15) is 0 Å². The molecule has 0 fully saturated rings. The zero-order chi connectivity index (χ0) is 39.0. The molecule has 6 nitrogen and oxygen atoms in total. The summed E-state index contributed by atoms with van der Waals surface area (Å²) >= 11 is 0. The number of aliphatic hydroxyl groups is 2. The molecule has 0 unspecified atom stereocenters. The Kier molecular flexibility index (Phi) is 132. The Morgan fingerprint density at radius 2 is 0.830 bits per heavy atom. The first-order valence-electron chi connectivity index (χ1n) is 20.3. The lowest BCUT2D eigenvalue weighted by atomic mass is 10.1. The van der Waals surface area contributed by atoms with Crippen molar-refractivity contribution in [1.82, 2.24) is 0 Å². The van der Waals surface area contributed by atoms with Crippen LogP contribution in [0.5, 0.6) is 0 Å². The predicted molar refractivity (Wildman–Crippen MR) is 224 cm³/mol. The number of aliphatic hydroxyl groups excluding tert-OH is 2. The maximum absolute atomic E-state index is 8.07. The molecule has 0 spiro atoms. The minimum atomic E-state index is 0.319. The van der Waals surface area contributed by atoms with Crippen LogP contribution in [0.25, 0.3) is 0 Å². The molecule has 298 valence electrons. The fraction of sp³-hybridized carbons (Fsp3) is 0.976. The van der Waals surface area contributed by atoms with E-state index in [9.17, 15) is 0 Å². The van der Waals surface area contributed by atoms with E-state index in [0.717, 1.165) is 57.0 Å². The van der Waals surface area contributed by atoms with Crippen LogP contribution in [0.3, 0.4) is 0 Å². The van der Waals surface area contributed by atoms with E-state index in [4.69, 9.17) is 32.8 Å². The topological polar surface area (TPSA) is 142 Å². The second kappa shape index (κ2) is 90.7. The first-order chi connectivity index (χ1) is 22.4. The highest BCUT2D eigenvalue weighted by atomic mass is 16.3. The van der Waals surface area contributed by atoms with Crippen LogP contribution in [0, 0.1) is 17.2 Å². The highest BCUT2D eigenvalue weighted by Gasteiger charge is 1.89. The molecule has 6 heteroatoms. The van der Waals surface area contributed by atoms with Gasteiger partial charge in [-0.1, -0.05) is 187 Å². The van der Waals surface area contributed by atoms with Crippen molar-refractivity contribution in [3.05, 3.63) is 0 Å². The van der Waals surface area contributed by atoms with E-state index in [1.54, 1.807) is 0 Å². The van der Waals surface area contributed by atoms with E-state index in [1.165, 1.54) is 89.9 Å². The Morgan fingerprint density at radius 1 is 0.511 bits per heavy atom. The van der Waals surface area contributed by atoms with Crippen molar-refractivity contribution in [2.45, 2.75) is 226 Å². The number of nitrogens with two attached hydrogens (primary N) is 3. The lowest BCUT2D eigenvalue weighted by molar-refractivity contribution is 0.287. The Hall–Kier alpha value is -0.690. The predicted octanol–water partition coefficient (Wildman–Crippen LogP) is 12.7. The van der Waals surface area contributed by atoms with Crippen LogP contribution in [-0.4, -0.2) is 42.4 Å². The van der Waals surface area contributed by atoms with Crippen molar-refractivity contribution in [3.63, 3.8) is 0 Å². The molecule has 0 heterocycles. The quantitative estimate of drug-likeness (QED) is 0.0484. The van der Waals surface area contributed by atoms with Crippen LogP contribution in [0.2, 0.25) is 0 Å². The maximum atomic E-state index is 8.07. The van der Waals surface area contributed by atoms with E-state index >= 15 is 0 Å². The summed E-state index contributed by atoms with van der Waals surface area (Å²) in [5.41, 5.74) is 15.6. The lowest BCUT2D eigenvalue weighted by Crippen LogP contribution is -2.08. The van der Waals surface area contributed by atoms with Gasteiger partial charge in [-0.05, 0) is 57.0 Å². The van der Waals surface area contributed by atoms with Crippen molar-refractivity contribution in [1.29, 1.82) is 5.41 Å². The molecule has 0 aliphatic rings. The van der Waals surface area contributed by atoms with E-state index in [1.807, 2.05) is 20.8 Å². The number of rotatable bonds is 18. The van der Waals surface area contributed by atoms with E-state index in [2.05, 4.69) is 83.1 Å². The normalized spacial score (nSPS) is 8.70. The zero-order valence-electron chi connectivity index (χ0n) is 36.0.